The Morgan fingerprint density at radius 3 is 2.45 bits per heavy atom. The molecule has 1 unspecified atom stereocenters. The van der Waals surface area contributed by atoms with Crippen LogP contribution in [-0.2, 0) is 10.0 Å². The van der Waals surface area contributed by atoms with Gasteiger partial charge in [0.25, 0.3) is 10.0 Å². The van der Waals surface area contributed by atoms with E-state index in [-0.39, 0.29) is 10.9 Å². The van der Waals surface area contributed by atoms with Crippen molar-refractivity contribution in [3.63, 3.8) is 0 Å². The maximum atomic E-state index is 12.6. The molecule has 2 N–H and O–H groups in total. The molecule has 0 saturated heterocycles. The summed E-state index contributed by atoms with van der Waals surface area (Å²) in [6.07, 6.45) is 3.11. The largest absolute Gasteiger partial charge is 0.324 e. The average Bonchev–Trinajstić information content (AvgIpc) is 2.47. The zero-order valence-electron chi connectivity index (χ0n) is 11.4. The molecule has 1 aromatic carbocycles. The van der Waals surface area contributed by atoms with Gasteiger partial charge in [0.05, 0.1) is 10.6 Å². The molecule has 0 aliphatic heterocycles. The van der Waals surface area contributed by atoms with E-state index in [1.54, 1.807) is 42.7 Å². The lowest BCUT2D eigenvalue weighted by Gasteiger charge is -2.20. The van der Waals surface area contributed by atoms with E-state index in [1.165, 1.54) is 11.4 Å². The number of aromatic nitrogens is 1. The summed E-state index contributed by atoms with van der Waals surface area (Å²) in [5, 5.41) is 0. The third-order valence-corrected chi connectivity index (χ3v) is 4.85. The highest BCUT2D eigenvalue weighted by Crippen LogP contribution is 2.23. The first-order valence-corrected chi connectivity index (χ1v) is 7.61. The molecule has 5 nitrogen and oxygen atoms in total. The summed E-state index contributed by atoms with van der Waals surface area (Å²) < 4.78 is 26.4. The van der Waals surface area contributed by atoms with Crippen LogP contribution in [0.1, 0.15) is 18.5 Å². The van der Waals surface area contributed by atoms with Gasteiger partial charge in [0.1, 0.15) is 0 Å². The number of hydrogen-bond donors (Lipinski definition) is 1. The molecule has 0 amide bonds. The van der Waals surface area contributed by atoms with Crippen LogP contribution in [0, 0.1) is 0 Å². The first kappa shape index (κ1) is 14.5. The van der Waals surface area contributed by atoms with Crippen LogP contribution in [0.2, 0.25) is 0 Å². The number of anilines is 1. The lowest BCUT2D eigenvalue weighted by Crippen LogP contribution is -2.26. The van der Waals surface area contributed by atoms with Gasteiger partial charge in [-0.1, -0.05) is 12.1 Å². The second-order valence-electron chi connectivity index (χ2n) is 4.54. The lowest BCUT2D eigenvalue weighted by molar-refractivity contribution is 0.594. The Balaban J connectivity index is 2.43. The van der Waals surface area contributed by atoms with Crippen molar-refractivity contribution in [1.82, 2.24) is 4.98 Å². The predicted molar refractivity (Wildman–Crippen MR) is 78.9 cm³/mol. The Hall–Kier alpha value is -1.92. The average molecular weight is 291 g/mol. The number of rotatable bonds is 4. The summed E-state index contributed by atoms with van der Waals surface area (Å²) in [5.41, 5.74) is 7.14. The first-order chi connectivity index (χ1) is 9.43. The van der Waals surface area contributed by atoms with Gasteiger partial charge in [-0.25, -0.2) is 8.42 Å². The van der Waals surface area contributed by atoms with Gasteiger partial charge in [0, 0.05) is 25.5 Å². The third kappa shape index (κ3) is 2.81. The number of sulfonamides is 1. The second-order valence-corrected chi connectivity index (χ2v) is 6.51. The van der Waals surface area contributed by atoms with Gasteiger partial charge in [0.15, 0.2) is 0 Å². The van der Waals surface area contributed by atoms with Gasteiger partial charge in [-0.05, 0) is 36.8 Å². The van der Waals surface area contributed by atoms with Crippen LogP contribution in [0.25, 0.3) is 0 Å². The van der Waals surface area contributed by atoms with Crippen molar-refractivity contribution in [1.29, 1.82) is 0 Å². The fourth-order valence-corrected chi connectivity index (χ4v) is 3.06. The Kier molecular flexibility index (Phi) is 4.06. The highest BCUT2D eigenvalue weighted by molar-refractivity contribution is 7.92. The molecule has 0 bridgehead atoms. The number of benzene rings is 1. The minimum absolute atomic E-state index is 0.212. The normalized spacial score (nSPS) is 12.9. The maximum Gasteiger partial charge on any atom is 0.264 e. The summed E-state index contributed by atoms with van der Waals surface area (Å²) >= 11 is 0. The third-order valence-electron chi connectivity index (χ3n) is 3.07. The highest BCUT2D eigenvalue weighted by atomic mass is 32.2. The molecule has 1 aromatic heterocycles. The SMILES string of the molecule is CC(N)c1cccc(S(=O)(=O)N(C)c2ccncc2)c1. The number of nitrogens with two attached hydrogens (primary N) is 1. The molecule has 0 fully saturated rings. The fourth-order valence-electron chi connectivity index (χ4n) is 1.81. The zero-order valence-corrected chi connectivity index (χ0v) is 12.2. The van der Waals surface area contributed by atoms with Crippen molar-refractivity contribution >= 4 is 15.7 Å². The molecule has 0 aliphatic rings. The van der Waals surface area contributed by atoms with Gasteiger partial charge >= 0.3 is 0 Å². The van der Waals surface area contributed by atoms with Gasteiger partial charge in [-0.15, -0.1) is 0 Å². The van der Waals surface area contributed by atoms with Gasteiger partial charge < -0.3 is 5.73 Å². The Bertz CT molecular complexity index is 685. The molecule has 2 rings (SSSR count). The molecule has 0 spiro atoms. The van der Waals surface area contributed by atoms with E-state index in [0.717, 1.165) is 5.56 Å². The van der Waals surface area contributed by atoms with Crippen LogP contribution in [0.5, 0.6) is 0 Å². The minimum Gasteiger partial charge on any atom is -0.324 e. The van der Waals surface area contributed by atoms with Crippen molar-refractivity contribution in [2.45, 2.75) is 17.9 Å². The fraction of sp³-hybridized carbons (Fsp3) is 0.214. The topological polar surface area (TPSA) is 76.3 Å². The van der Waals surface area contributed by atoms with Crippen molar-refractivity contribution < 1.29 is 8.42 Å². The van der Waals surface area contributed by atoms with E-state index < -0.39 is 10.0 Å². The molecule has 6 heteroatoms. The molecule has 106 valence electrons. The Morgan fingerprint density at radius 1 is 1.20 bits per heavy atom. The molecule has 0 saturated carbocycles. The van der Waals surface area contributed by atoms with Crippen molar-refractivity contribution in [2.24, 2.45) is 5.73 Å². The maximum absolute atomic E-state index is 12.6. The molecule has 20 heavy (non-hydrogen) atoms. The van der Waals surface area contributed by atoms with Gasteiger partial charge in [-0.2, -0.15) is 0 Å². The van der Waals surface area contributed by atoms with E-state index in [0.29, 0.717) is 5.69 Å². The summed E-state index contributed by atoms with van der Waals surface area (Å²) in [7, 11) is -2.08. The number of hydrogen-bond acceptors (Lipinski definition) is 4. The van der Waals surface area contributed by atoms with Crippen molar-refractivity contribution in [2.75, 3.05) is 11.4 Å². The second kappa shape index (κ2) is 5.60. The molecule has 1 heterocycles. The Labute approximate surface area is 119 Å². The summed E-state index contributed by atoms with van der Waals surface area (Å²) in [4.78, 5) is 4.11. The van der Waals surface area contributed by atoms with E-state index in [2.05, 4.69) is 4.98 Å². The lowest BCUT2D eigenvalue weighted by atomic mass is 10.1. The summed E-state index contributed by atoms with van der Waals surface area (Å²) in [6.45, 7) is 1.82. The number of pyridine rings is 1. The van der Waals surface area contributed by atoms with Crippen LogP contribution in [-0.4, -0.2) is 20.4 Å². The Morgan fingerprint density at radius 2 is 1.85 bits per heavy atom. The smallest absolute Gasteiger partial charge is 0.264 e. The van der Waals surface area contributed by atoms with Gasteiger partial charge in [-0.3, -0.25) is 9.29 Å². The first-order valence-electron chi connectivity index (χ1n) is 6.17. The van der Waals surface area contributed by atoms with E-state index >= 15 is 0 Å². The molecular formula is C14H17N3O2S. The van der Waals surface area contributed by atoms with Crippen LogP contribution in [0.3, 0.4) is 0 Å². The minimum atomic E-state index is -3.60. The van der Waals surface area contributed by atoms with E-state index in [9.17, 15) is 8.42 Å². The van der Waals surface area contributed by atoms with Crippen LogP contribution in [0.15, 0.2) is 53.7 Å². The van der Waals surface area contributed by atoms with E-state index in [1.807, 2.05) is 13.0 Å². The molecule has 2 aromatic rings. The molecule has 0 aliphatic carbocycles. The van der Waals surface area contributed by atoms with Crippen LogP contribution in [0.4, 0.5) is 5.69 Å². The van der Waals surface area contributed by atoms with Crippen molar-refractivity contribution in [3.8, 4) is 0 Å². The molecule has 1 atom stereocenters. The molecular weight excluding hydrogens is 274 g/mol. The number of nitrogens with zero attached hydrogens (tertiary/aromatic N) is 2. The van der Waals surface area contributed by atoms with Gasteiger partial charge in [0.2, 0.25) is 0 Å². The van der Waals surface area contributed by atoms with Crippen molar-refractivity contribution in [3.05, 3.63) is 54.4 Å². The predicted octanol–water partition coefficient (Wildman–Crippen LogP) is 1.93. The highest BCUT2D eigenvalue weighted by Gasteiger charge is 2.21. The summed E-state index contributed by atoms with van der Waals surface area (Å²) in [5.74, 6) is 0. The van der Waals surface area contributed by atoms with Crippen LogP contribution < -0.4 is 10.0 Å². The standard InChI is InChI=1S/C14H17N3O2S/c1-11(15)12-4-3-5-14(10-12)20(18,19)17(2)13-6-8-16-9-7-13/h3-11H,15H2,1-2H3. The monoisotopic (exact) mass is 291 g/mol. The summed E-state index contributed by atoms with van der Waals surface area (Å²) in [6, 6.07) is 9.77. The van der Waals surface area contributed by atoms with E-state index in [4.69, 9.17) is 5.73 Å². The van der Waals surface area contributed by atoms with Crippen LogP contribution >= 0.6 is 0 Å². The molecule has 0 radical (unpaired) electrons. The zero-order chi connectivity index (χ0) is 14.8. The quantitative estimate of drug-likeness (QED) is 0.933.